The van der Waals surface area contributed by atoms with Gasteiger partial charge in [-0.1, -0.05) is 35.6 Å². The number of rotatable bonds is 6. The molecule has 0 saturated carbocycles. The fourth-order valence-electron chi connectivity index (χ4n) is 3.61. The standard InChI is InChI=1S/C23H22FN3O3S/c1-14-20(21(29)25-13-16-2-6-18(24)7-3-16)31-23(26-14)27-11-10-17(22(27)30)12-15-4-8-19(28)9-5-15/h2-9,17,28H,10-13H2,1H3,(H,25,29). The number of carbonyl (C=O) groups is 2. The zero-order chi connectivity index (χ0) is 22.0. The van der Waals surface area contributed by atoms with E-state index in [1.165, 1.54) is 23.5 Å². The van der Waals surface area contributed by atoms with Gasteiger partial charge in [0.15, 0.2) is 5.13 Å². The predicted molar refractivity (Wildman–Crippen MR) is 117 cm³/mol. The van der Waals surface area contributed by atoms with Crippen molar-refractivity contribution in [2.45, 2.75) is 26.3 Å². The number of hydrogen-bond donors (Lipinski definition) is 2. The molecule has 0 radical (unpaired) electrons. The normalized spacial score (nSPS) is 16.0. The Morgan fingerprint density at radius 2 is 1.87 bits per heavy atom. The summed E-state index contributed by atoms with van der Waals surface area (Å²) in [5, 5.41) is 12.8. The Morgan fingerprint density at radius 1 is 1.19 bits per heavy atom. The van der Waals surface area contributed by atoms with Crippen LogP contribution in [-0.4, -0.2) is 28.4 Å². The van der Waals surface area contributed by atoms with E-state index in [4.69, 9.17) is 0 Å². The highest BCUT2D eigenvalue weighted by Crippen LogP contribution is 2.32. The number of aryl methyl sites for hydroxylation is 1. The van der Waals surface area contributed by atoms with E-state index in [0.717, 1.165) is 11.1 Å². The number of aromatic hydroxyl groups is 1. The van der Waals surface area contributed by atoms with Crippen LogP contribution >= 0.6 is 11.3 Å². The summed E-state index contributed by atoms with van der Waals surface area (Å²) in [6.45, 7) is 2.59. The fourth-order valence-corrected chi connectivity index (χ4v) is 4.62. The second-order valence-corrected chi connectivity index (χ2v) is 8.54. The Morgan fingerprint density at radius 3 is 2.58 bits per heavy atom. The molecule has 0 spiro atoms. The van der Waals surface area contributed by atoms with Crippen molar-refractivity contribution in [1.82, 2.24) is 10.3 Å². The van der Waals surface area contributed by atoms with E-state index in [2.05, 4.69) is 10.3 Å². The maximum absolute atomic E-state index is 13.0. The van der Waals surface area contributed by atoms with Crippen LogP contribution in [0.25, 0.3) is 0 Å². The summed E-state index contributed by atoms with van der Waals surface area (Å²) in [7, 11) is 0. The van der Waals surface area contributed by atoms with Crippen molar-refractivity contribution in [3.8, 4) is 5.75 Å². The van der Waals surface area contributed by atoms with E-state index in [1.54, 1.807) is 36.1 Å². The average molecular weight is 440 g/mol. The molecule has 6 nitrogen and oxygen atoms in total. The predicted octanol–water partition coefficient (Wildman–Crippen LogP) is 3.82. The van der Waals surface area contributed by atoms with Crippen molar-refractivity contribution in [3.63, 3.8) is 0 Å². The second kappa shape index (κ2) is 8.85. The summed E-state index contributed by atoms with van der Waals surface area (Å²) >= 11 is 1.21. The van der Waals surface area contributed by atoms with Crippen LogP contribution in [0, 0.1) is 18.7 Å². The number of thiazole rings is 1. The molecule has 1 atom stereocenters. The van der Waals surface area contributed by atoms with Gasteiger partial charge in [-0.15, -0.1) is 0 Å². The highest BCUT2D eigenvalue weighted by Gasteiger charge is 2.34. The van der Waals surface area contributed by atoms with Crippen LogP contribution in [0.3, 0.4) is 0 Å². The van der Waals surface area contributed by atoms with Crippen LogP contribution in [0.1, 0.15) is 32.9 Å². The van der Waals surface area contributed by atoms with Gasteiger partial charge < -0.3 is 10.4 Å². The molecular formula is C23H22FN3O3S. The van der Waals surface area contributed by atoms with Gasteiger partial charge in [0.05, 0.1) is 5.69 Å². The summed E-state index contributed by atoms with van der Waals surface area (Å²) < 4.78 is 13.0. The number of amides is 2. The largest absolute Gasteiger partial charge is 0.508 e. The first-order chi connectivity index (χ1) is 14.9. The summed E-state index contributed by atoms with van der Waals surface area (Å²) in [5.41, 5.74) is 2.37. The monoisotopic (exact) mass is 439 g/mol. The lowest BCUT2D eigenvalue weighted by atomic mass is 9.98. The molecular weight excluding hydrogens is 417 g/mol. The topological polar surface area (TPSA) is 82.5 Å². The van der Waals surface area contributed by atoms with E-state index in [-0.39, 0.29) is 35.8 Å². The van der Waals surface area contributed by atoms with Gasteiger partial charge in [-0.25, -0.2) is 9.37 Å². The molecule has 3 aromatic rings. The Bertz CT molecular complexity index is 1100. The molecule has 2 amide bonds. The summed E-state index contributed by atoms with van der Waals surface area (Å²) in [6.07, 6.45) is 1.31. The first-order valence-electron chi connectivity index (χ1n) is 10.00. The van der Waals surface area contributed by atoms with E-state index >= 15 is 0 Å². The van der Waals surface area contributed by atoms with Gasteiger partial charge in [0.25, 0.3) is 5.91 Å². The van der Waals surface area contributed by atoms with Crippen molar-refractivity contribution >= 4 is 28.3 Å². The van der Waals surface area contributed by atoms with Crippen LogP contribution < -0.4 is 10.2 Å². The van der Waals surface area contributed by atoms with E-state index in [9.17, 15) is 19.1 Å². The molecule has 2 N–H and O–H groups in total. The van der Waals surface area contributed by atoms with Crippen molar-refractivity contribution in [2.24, 2.45) is 5.92 Å². The number of phenols is 1. The third kappa shape index (κ3) is 4.74. The molecule has 0 bridgehead atoms. The molecule has 0 aliphatic carbocycles. The van der Waals surface area contributed by atoms with Crippen molar-refractivity contribution in [1.29, 1.82) is 0 Å². The number of nitrogens with zero attached hydrogens (tertiary/aromatic N) is 2. The SMILES string of the molecule is Cc1nc(N2CCC(Cc3ccc(O)cc3)C2=O)sc1C(=O)NCc1ccc(F)cc1. The van der Waals surface area contributed by atoms with Crippen LogP contribution in [0.15, 0.2) is 48.5 Å². The molecule has 2 heterocycles. The summed E-state index contributed by atoms with van der Waals surface area (Å²) in [4.78, 5) is 32.1. The van der Waals surface area contributed by atoms with Gasteiger partial charge in [-0.2, -0.15) is 0 Å². The summed E-state index contributed by atoms with van der Waals surface area (Å²) in [6, 6.07) is 12.8. The highest BCUT2D eigenvalue weighted by molar-refractivity contribution is 7.17. The number of nitrogens with one attached hydrogen (secondary N) is 1. The highest BCUT2D eigenvalue weighted by atomic mass is 32.1. The maximum atomic E-state index is 13.0. The van der Waals surface area contributed by atoms with Gasteiger partial charge in [0, 0.05) is 19.0 Å². The minimum absolute atomic E-state index is 0.0000883. The van der Waals surface area contributed by atoms with Gasteiger partial charge in [-0.3, -0.25) is 14.5 Å². The number of halogens is 1. The maximum Gasteiger partial charge on any atom is 0.263 e. The number of hydrogen-bond acceptors (Lipinski definition) is 5. The Hall–Kier alpha value is -3.26. The number of aromatic nitrogens is 1. The first-order valence-corrected chi connectivity index (χ1v) is 10.8. The molecule has 160 valence electrons. The smallest absolute Gasteiger partial charge is 0.263 e. The average Bonchev–Trinajstić information content (AvgIpc) is 3.31. The third-order valence-electron chi connectivity index (χ3n) is 5.32. The third-order valence-corrected chi connectivity index (χ3v) is 6.50. The van der Waals surface area contributed by atoms with Gasteiger partial charge in [-0.05, 0) is 55.2 Å². The van der Waals surface area contributed by atoms with Gasteiger partial charge >= 0.3 is 0 Å². The molecule has 31 heavy (non-hydrogen) atoms. The fraction of sp³-hybridized carbons (Fsp3) is 0.261. The van der Waals surface area contributed by atoms with E-state index < -0.39 is 0 Å². The molecule has 1 saturated heterocycles. The molecule has 4 rings (SSSR count). The van der Waals surface area contributed by atoms with E-state index in [1.807, 2.05) is 12.1 Å². The van der Waals surface area contributed by atoms with Crippen LogP contribution in [0.5, 0.6) is 5.75 Å². The Labute approximate surface area is 183 Å². The lowest BCUT2D eigenvalue weighted by Crippen LogP contribution is -2.27. The molecule has 1 aromatic heterocycles. The zero-order valence-electron chi connectivity index (χ0n) is 17.0. The molecule has 1 aliphatic rings. The second-order valence-electron chi connectivity index (χ2n) is 7.57. The van der Waals surface area contributed by atoms with E-state index in [0.29, 0.717) is 35.1 Å². The molecule has 1 fully saturated rings. The Kier molecular flexibility index (Phi) is 5.99. The van der Waals surface area contributed by atoms with Crippen molar-refractivity contribution < 1.29 is 19.1 Å². The number of anilines is 1. The molecule has 1 unspecified atom stereocenters. The van der Waals surface area contributed by atoms with Crippen LogP contribution in [0.2, 0.25) is 0 Å². The Balaban J connectivity index is 1.40. The zero-order valence-corrected chi connectivity index (χ0v) is 17.8. The number of phenolic OH excluding ortho intramolecular Hbond substituents is 1. The molecule has 2 aromatic carbocycles. The minimum Gasteiger partial charge on any atom is -0.508 e. The number of carbonyl (C=O) groups excluding carboxylic acids is 2. The lowest BCUT2D eigenvalue weighted by molar-refractivity contribution is -0.120. The van der Waals surface area contributed by atoms with Crippen molar-refractivity contribution in [3.05, 3.63) is 76.0 Å². The number of benzene rings is 2. The quantitative estimate of drug-likeness (QED) is 0.612. The van der Waals surface area contributed by atoms with Crippen molar-refractivity contribution in [2.75, 3.05) is 11.4 Å². The van der Waals surface area contributed by atoms with Gasteiger partial charge in [0.1, 0.15) is 16.4 Å². The van der Waals surface area contributed by atoms with Crippen LogP contribution in [-0.2, 0) is 17.8 Å². The lowest BCUT2D eigenvalue weighted by Gasteiger charge is -2.13. The van der Waals surface area contributed by atoms with Gasteiger partial charge in [0.2, 0.25) is 5.91 Å². The molecule has 8 heteroatoms. The molecule has 1 aliphatic heterocycles. The first kappa shape index (κ1) is 21.0. The summed E-state index contributed by atoms with van der Waals surface area (Å²) in [5.74, 6) is -0.536. The van der Waals surface area contributed by atoms with Crippen LogP contribution in [0.4, 0.5) is 9.52 Å². The minimum atomic E-state index is -0.322.